The standard InChI is InChI=1S/C16H19ClN2O2S/c1-3-20-15(21-4-2)13-10-14(17)19-16(18-13)22-11-12-8-6-5-7-9-12/h5-10,15H,3-4,11H2,1-2H3. The number of ether oxygens (including phenoxy) is 2. The van der Waals surface area contributed by atoms with Gasteiger partial charge >= 0.3 is 0 Å². The maximum Gasteiger partial charge on any atom is 0.201 e. The summed E-state index contributed by atoms with van der Waals surface area (Å²) in [5.74, 6) is 0.786. The van der Waals surface area contributed by atoms with Crippen molar-refractivity contribution in [1.29, 1.82) is 0 Å². The van der Waals surface area contributed by atoms with E-state index in [-0.39, 0.29) is 0 Å². The van der Waals surface area contributed by atoms with Gasteiger partial charge in [0.15, 0.2) is 5.16 Å². The van der Waals surface area contributed by atoms with Crippen LogP contribution in [0, 0.1) is 0 Å². The second-order valence-corrected chi connectivity index (χ2v) is 5.74. The highest BCUT2D eigenvalue weighted by molar-refractivity contribution is 7.98. The first-order chi connectivity index (χ1) is 10.7. The number of benzene rings is 1. The largest absolute Gasteiger partial charge is 0.347 e. The van der Waals surface area contributed by atoms with E-state index in [0.717, 1.165) is 5.75 Å². The smallest absolute Gasteiger partial charge is 0.201 e. The average Bonchev–Trinajstić information content (AvgIpc) is 2.53. The highest BCUT2D eigenvalue weighted by atomic mass is 35.5. The van der Waals surface area contributed by atoms with Crippen molar-refractivity contribution in [2.75, 3.05) is 13.2 Å². The molecule has 0 bridgehead atoms. The Morgan fingerprint density at radius 1 is 1.09 bits per heavy atom. The Kier molecular flexibility index (Phi) is 7.12. The van der Waals surface area contributed by atoms with E-state index in [2.05, 4.69) is 22.1 Å². The molecular formula is C16H19ClN2O2S. The maximum absolute atomic E-state index is 6.10. The Morgan fingerprint density at radius 2 is 1.77 bits per heavy atom. The van der Waals surface area contributed by atoms with Gasteiger partial charge in [0.05, 0.1) is 0 Å². The van der Waals surface area contributed by atoms with Crippen molar-refractivity contribution in [3.63, 3.8) is 0 Å². The number of hydrogen-bond acceptors (Lipinski definition) is 5. The van der Waals surface area contributed by atoms with Crippen molar-refractivity contribution < 1.29 is 9.47 Å². The summed E-state index contributed by atoms with van der Waals surface area (Å²) in [6.07, 6.45) is -0.508. The number of hydrogen-bond donors (Lipinski definition) is 0. The molecule has 0 N–H and O–H groups in total. The highest BCUT2D eigenvalue weighted by Gasteiger charge is 2.16. The van der Waals surface area contributed by atoms with Crippen LogP contribution in [0.5, 0.6) is 0 Å². The normalized spacial score (nSPS) is 11.1. The van der Waals surface area contributed by atoms with Gasteiger partial charge in [0, 0.05) is 25.0 Å². The molecule has 118 valence electrons. The number of nitrogens with zero attached hydrogens (tertiary/aromatic N) is 2. The fourth-order valence-corrected chi connectivity index (χ4v) is 2.91. The van der Waals surface area contributed by atoms with Crippen LogP contribution in [0.15, 0.2) is 41.6 Å². The van der Waals surface area contributed by atoms with Crippen LogP contribution in [-0.4, -0.2) is 23.2 Å². The minimum Gasteiger partial charge on any atom is -0.347 e. The van der Waals surface area contributed by atoms with Crippen molar-refractivity contribution >= 4 is 23.4 Å². The van der Waals surface area contributed by atoms with Crippen LogP contribution in [-0.2, 0) is 15.2 Å². The highest BCUT2D eigenvalue weighted by Crippen LogP contribution is 2.25. The van der Waals surface area contributed by atoms with Crippen LogP contribution >= 0.6 is 23.4 Å². The lowest BCUT2D eigenvalue weighted by atomic mass is 10.2. The van der Waals surface area contributed by atoms with Crippen molar-refractivity contribution in [1.82, 2.24) is 9.97 Å². The lowest BCUT2D eigenvalue weighted by molar-refractivity contribution is -0.143. The quantitative estimate of drug-likeness (QED) is 0.307. The van der Waals surface area contributed by atoms with Gasteiger partial charge in [-0.15, -0.1) is 0 Å². The molecule has 2 aromatic rings. The van der Waals surface area contributed by atoms with Crippen molar-refractivity contribution in [3.05, 3.63) is 52.8 Å². The molecule has 1 heterocycles. The summed E-state index contributed by atoms with van der Waals surface area (Å²) in [5.41, 5.74) is 1.86. The summed E-state index contributed by atoms with van der Waals surface area (Å²) in [4.78, 5) is 8.76. The molecule has 0 saturated heterocycles. The predicted molar refractivity (Wildman–Crippen MR) is 89.0 cm³/mol. The second kappa shape index (κ2) is 9.10. The number of rotatable bonds is 8. The molecule has 0 saturated carbocycles. The van der Waals surface area contributed by atoms with Gasteiger partial charge in [-0.1, -0.05) is 53.7 Å². The van der Waals surface area contributed by atoms with Crippen LogP contribution in [0.3, 0.4) is 0 Å². The maximum atomic E-state index is 6.10. The summed E-state index contributed by atoms with van der Waals surface area (Å²) in [5, 5.41) is 1.01. The zero-order valence-corrected chi connectivity index (χ0v) is 14.2. The third-order valence-corrected chi connectivity index (χ3v) is 3.89. The second-order valence-electron chi connectivity index (χ2n) is 4.41. The van der Waals surface area contributed by atoms with Gasteiger partial charge < -0.3 is 9.47 Å². The van der Waals surface area contributed by atoms with Crippen molar-refractivity contribution in [3.8, 4) is 0 Å². The average molecular weight is 339 g/mol. The zero-order chi connectivity index (χ0) is 15.8. The lowest BCUT2D eigenvalue weighted by Gasteiger charge is -2.16. The summed E-state index contributed by atoms with van der Waals surface area (Å²) in [6.45, 7) is 4.91. The minimum atomic E-state index is -0.508. The lowest BCUT2D eigenvalue weighted by Crippen LogP contribution is -2.11. The summed E-state index contributed by atoms with van der Waals surface area (Å²) < 4.78 is 11.1. The summed E-state index contributed by atoms with van der Waals surface area (Å²) in [6, 6.07) is 11.9. The molecule has 0 unspecified atom stereocenters. The Labute approximate surface area is 140 Å². The Morgan fingerprint density at radius 3 is 2.41 bits per heavy atom. The van der Waals surface area contributed by atoms with E-state index in [0.29, 0.717) is 29.2 Å². The first-order valence-corrected chi connectivity index (χ1v) is 8.53. The molecule has 6 heteroatoms. The Bertz CT molecular complexity index is 578. The van der Waals surface area contributed by atoms with Crippen LogP contribution in [0.25, 0.3) is 0 Å². The molecule has 22 heavy (non-hydrogen) atoms. The molecule has 0 spiro atoms. The van der Waals surface area contributed by atoms with Crippen LogP contribution < -0.4 is 0 Å². The fourth-order valence-electron chi connectivity index (χ4n) is 1.84. The van der Waals surface area contributed by atoms with E-state index in [9.17, 15) is 0 Å². The van der Waals surface area contributed by atoms with E-state index in [1.807, 2.05) is 32.0 Å². The molecule has 1 aromatic carbocycles. The van der Waals surface area contributed by atoms with E-state index in [1.165, 1.54) is 17.3 Å². The summed E-state index contributed by atoms with van der Waals surface area (Å²) >= 11 is 7.64. The third-order valence-electron chi connectivity index (χ3n) is 2.78. The van der Waals surface area contributed by atoms with Crippen LogP contribution in [0.1, 0.15) is 31.4 Å². The number of aromatic nitrogens is 2. The summed E-state index contributed by atoms with van der Waals surface area (Å²) in [7, 11) is 0. The van der Waals surface area contributed by atoms with E-state index < -0.39 is 6.29 Å². The molecule has 0 radical (unpaired) electrons. The van der Waals surface area contributed by atoms with Gasteiger partial charge in [0.1, 0.15) is 10.8 Å². The molecule has 0 aliphatic heterocycles. The van der Waals surface area contributed by atoms with Gasteiger partial charge in [-0.05, 0) is 19.4 Å². The first kappa shape index (κ1) is 17.2. The molecule has 0 aliphatic carbocycles. The number of halogens is 1. The molecule has 0 amide bonds. The molecule has 2 rings (SSSR count). The van der Waals surface area contributed by atoms with E-state index in [1.54, 1.807) is 6.07 Å². The first-order valence-electron chi connectivity index (χ1n) is 7.17. The monoisotopic (exact) mass is 338 g/mol. The fraction of sp³-hybridized carbons (Fsp3) is 0.375. The number of thioether (sulfide) groups is 1. The molecule has 0 fully saturated rings. The van der Waals surface area contributed by atoms with Gasteiger partial charge in [0.2, 0.25) is 6.29 Å². The van der Waals surface area contributed by atoms with Gasteiger partial charge in [0.25, 0.3) is 0 Å². The molecule has 1 aromatic heterocycles. The molecular weight excluding hydrogens is 320 g/mol. The van der Waals surface area contributed by atoms with Gasteiger partial charge in [-0.2, -0.15) is 0 Å². The Hall–Kier alpha value is -1.14. The topological polar surface area (TPSA) is 44.2 Å². The van der Waals surface area contributed by atoms with E-state index in [4.69, 9.17) is 21.1 Å². The van der Waals surface area contributed by atoms with Crippen LogP contribution in [0.2, 0.25) is 5.15 Å². The van der Waals surface area contributed by atoms with Crippen molar-refractivity contribution in [2.45, 2.75) is 31.0 Å². The third kappa shape index (κ3) is 5.25. The SMILES string of the molecule is CCOC(OCC)c1cc(Cl)nc(SCc2ccccc2)n1. The Balaban J connectivity index is 2.11. The molecule has 0 aliphatic rings. The van der Waals surface area contributed by atoms with Gasteiger partial charge in [-0.25, -0.2) is 9.97 Å². The van der Waals surface area contributed by atoms with Crippen LogP contribution in [0.4, 0.5) is 0 Å². The van der Waals surface area contributed by atoms with E-state index >= 15 is 0 Å². The van der Waals surface area contributed by atoms with Gasteiger partial charge in [-0.3, -0.25) is 0 Å². The van der Waals surface area contributed by atoms with Crippen molar-refractivity contribution in [2.24, 2.45) is 0 Å². The zero-order valence-electron chi connectivity index (χ0n) is 12.7. The molecule has 4 nitrogen and oxygen atoms in total. The molecule has 0 atom stereocenters. The predicted octanol–water partition coefficient (Wildman–Crippen LogP) is 4.49. The minimum absolute atomic E-state index is 0.393.